The van der Waals surface area contributed by atoms with E-state index in [1.54, 1.807) is 0 Å². The van der Waals surface area contributed by atoms with Gasteiger partial charge in [0.15, 0.2) is 6.29 Å². The van der Waals surface area contributed by atoms with Crippen LogP contribution in [0.25, 0.3) is 0 Å². The number of amides is 3. The Labute approximate surface area is 227 Å². The Morgan fingerprint density at radius 1 is 1.08 bits per heavy atom. The zero-order valence-electron chi connectivity index (χ0n) is 22.6. The molecule has 3 amide bonds. The molecule has 2 aliphatic rings. The van der Waals surface area contributed by atoms with Crippen molar-refractivity contribution < 1.29 is 32.6 Å². The lowest BCUT2D eigenvalue weighted by molar-refractivity contribution is -0.158. The molecule has 4 rings (SSSR count). The first-order valence-electron chi connectivity index (χ1n) is 13.1. The maximum absolute atomic E-state index is 15.2. The molecule has 1 saturated heterocycles. The van der Waals surface area contributed by atoms with E-state index in [-0.39, 0.29) is 30.4 Å². The monoisotopic (exact) mass is 543 g/mol. The summed E-state index contributed by atoms with van der Waals surface area (Å²) in [7, 11) is 2.80. The van der Waals surface area contributed by atoms with Crippen molar-refractivity contribution in [2.24, 2.45) is 11.8 Å². The smallest absolute Gasteiger partial charge is 0.247 e. The topological polar surface area (TPSA) is 97.0 Å². The Morgan fingerprint density at radius 3 is 2.28 bits per heavy atom. The van der Waals surface area contributed by atoms with Crippen molar-refractivity contribution >= 4 is 17.7 Å². The van der Waals surface area contributed by atoms with Crippen molar-refractivity contribution in [3.05, 3.63) is 70.8 Å². The normalized spacial score (nSPS) is 20.4. The van der Waals surface area contributed by atoms with E-state index in [4.69, 9.17) is 9.47 Å². The first kappa shape index (κ1) is 28.6. The minimum absolute atomic E-state index is 0.0172. The summed E-state index contributed by atoms with van der Waals surface area (Å²) in [6.45, 7) is 3.70. The van der Waals surface area contributed by atoms with Gasteiger partial charge in [0.2, 0.25) is 17.7 Å². The van der Waals surface area contributed by atoms with E-state index in [9.17, 15) is 18.8 Å². The van der Waals surface area contributed by atoms with E-state index in [2.05, 4.69) is 10.6 Å². The van der Waals surface area contributed by atoms with Gasteiger partial charge in [-0.25, -0.2) is 8.78 Å². The summed E-state index contributed by atoms with van der Waals surface area (Å²) in [6, 6.07) is 7.24. The second kappa shape index (κ2) is 12.2. The van der Waals surface area contributed by atoms with Crippen LogP contribution in [0.3, 0.4) is 0 Å². The number of fused-ring (bicyclic) bond motifs is 1. The molecular weight excluding hydrogens is 508 g/mol. The number of nitrogens with zero attached hydrogens (tertiary/aromatic N) is 1. The third-order valence-corrected chi connectivity index (χ3v) is 7.46. The Balaban J connectivity index is 1.75. The quantitative estimate of drug-likeness (QED) is 0.450. The van der Waals surface area contributed by atoms with Crippen molar-refractivity contribution in [3.63, 3.8) is 0 Å². The molecule has 0 bridgehead atoms. The van der Waals surface area contributed by atoms with E-state index in [1.165, 1.54) is 19.1 Å². The van der Waals surface area contributed by atoms with Crippen molar-refractivity contribution in [3.8, 4) is 0 Å². The fourth-order valence-electron chi connectivity index (χ4n) is 5.56. The maximum Gasteiger partial charge on any atom is 0.247 e. The summed E-state index contributed by atoms with van der Waals surface area (Å²) < 4.78 is 39.4. The molecule has 2 N–H and O–H groups in total. The van der Waals surface area contributed by atoms with Gasteiger partial charge in [-0.3, -0.25) is 14.4 Å². The molecule has 0 aromatic heterocycles. The lowest BCUT2D eigenvalue weighted by Gasteiger charge is -2.44. The molecule has 2 aromatic carbocycles. The first-order chi connectivity index (χ1) is 18.6. The van der Waals surface area contributed by atoms with Gasteiger partial charge in [-0.2, -0.15) is 0 Å². The zero-order valence-corrected chi connectivity index (χ0v) is 22.6. The largest absolute Gasteiger partial charge is 0.354 e. The number of piperazine rings is 1. The van der Waals surface area contributed by atoms with Crippen LogP contribution in [-0.4, -0.2) is 61.8 Å². The molecule has 1 heterocycles. The second-order valence-corrected chi connectivity index (χ2v) is 10.5. The van der Waals surface area contributed by atoms with Crippen LogP contribution >= 0.6 is 0 Å². The van der Waals surface area contributed by atoms with Gasteiger partial charge in [0.05, 0.1) is 6.54 Å². The lowest BCUT2D eigenvalue weighted by atomic mass is 9.88. The molecule has 10 heteroatoms. The Morgan fingerprint density at radius 2 is 1.72 bits per heavy atom. The Hall–Kier alpha value is -3.37. The molecule has 2 aromatic rings. The molecule has 1 aliphatic heterocycles. The van der Waals surface area contributed by atoms with Gasteiger partial charge < -0.3 is 25.0 Å². The Bertz CT molecular complexity index is 1190. The number of methoxy groups -OCH3 is 2. The SMILES string of the molecule is COC(CNC(=O)C(c1ccc(F)cc1F)N1C(=O)C(C2Cc3ccccc3C2)NC(=O)C1CC(C)C)OC. The van der Waals surface area contributed by atoms with E-state index in [0.29, 0.717) is 18.9 Å². The lowest BCUT2D eigenvalue weighted by Crippen LogP contribution is -2.67. The molecular formula is C29H35F2N3O5. The average molecular weight is 544 g/mol. The molecule has 1 fully saturated rings. The van der Waals surface area contributed by atoms with Crippen LogP contribution in [0, 0.1) is 23.5 Å². The molecule has 0 saturated carbocycles. The molecule has 3 atom stereocenters. The van der Waals surface area contributed by atoms with Crippen LogP contribution in [0.1, 0.15) is 43.0 Å². The minimum Gasteiger partial charge on any atom is -0.354 e. The number of benzene rings is 2. The van der Waals surface area contributed by atoms with Crippen LogP contribution in [0.4, 0.5) is 8.78 Å². The van der Waals surface area contributed by atoms with Crippen LogP contribution in [-0.2, 0) is 36.7 Å². The summed E-state index contributed by atoms with van der Waals surface area (Å²) in [5, 5.41) is 5.57. The third kappa shape index (κ3) is 6.12. The van der Waals surface area contributed by atoms with E-state index in [1.807, 2.05) is 38.1 Å². The zero-order chi connectivity index (χ0) is 28.3. The Kier molecular flexibility index (Phi) is 8.97. The number of nitrogens with one attached hydrogen (secondary N) is 2. The highest BCUT2D eigenvalue weighted by Gasteiger charge is 2.50. The summed E-state index contributed by atoms with van der Waals surface area (Å²) in [5.74, 6) is -3.67. The summed E-state index contributed by atoms with van der Waals surface area (Å²) in [5.41, 5.74) is 2.00. The molecule has 39 heavy (non-hydrogen) atoms. The highest BCUT2D eigenvalue weighted by Crippen LogP contribution is 2.36. The maximum atomic E-state index is 15.2. The van der Waals surface area contributed by atoms with E-state index < -0.39 is 53.8 Å². The molecule has 210 valence electrons. The van der Waals surface area contributed by atoms with Crippen LogP contribution < -0.4 is 10.6 Å². The van der Waals surface area contributed by atoms with Crippen LogP contribution in [0.2, 0.25) is 0 Å². The van der Waals surface area contributed by atoms with Gasteiger partial charge in [0, 0.05) is 25.8 Å². The minimum atomic E-state index is -1.52. The number of rotatable bonds is 10. The number of hydrogen-bond acceptors (Lipinski definition) is 5. The fourth-order valence-corrected chi connectivity index (χ4v) is 5.56. The summed E-state index contributed by atoms with van der Waals surface area (Å²) in [6.07, 6.45) is 0.631. The molecule has 1 aliphatic carbocycles. The highest BCUT2D eigenvalue weighted by molar-refractivity contribution is 6.00. The summed E-state index contributed by atoms with van der Waals surface area (Å²) in [4.78, 5) is 42.7. The second-order valence-electron chi connectivity index (χ2n) is 10.5. The molecule has 0 radical (unpaired) electrons. The van der Waals surface area contributed by atoms with Gasteiger partial charge >= 0.3 is 0 Å². The predicted molar refractivity (Wildman–Crippen MR) is 139 cm³/mol. The fraction of sp³-hybridized carbons (Fsp3) is 0.483. The van der Waals surface area contributed by atoms with Gasteiger partial charge in [-0.05, 0) is 48.3 Å². The highest BCUT2D eigenvalue weighted by atomic mass is 19.1. The number of hydrogen-bond donors (Lipinski definition) is 2. The van der Waals surface area contributed by atoms with Gasteiger partial charge in [-0.15, -0.1) is 0 Å². The summed E-state index contributed by atoms with van der Waals surface area (Å²) >= 11 is 0. The molecule has 8 nitrogen and oxygen atoms in total. The van der Waals surface area contributed by atoms with E-state index >= 15 is 4.39 Å². The number of carbonyl (C=O) groups is 3. The van der Waals surface area contributed by atoms with Gasteiger partial charge in [0.1, 0.15) is 29.8 Å². The molecule has 0 spiro atoms. The third-order valence-electron chi connectivity index (χ3n) is 7.46. The van der Waals surface area contributed by atoms with E-state index in [0.717, 1.165) is 23.3 Å². The first-order valence-corrected chi connectivity index (χ1v) is 13.1. The number of halogens is 2. The van der Waals surface area contributed by atoms with Crippen molar-refractivity contribution in [2.75, 3.05) is 20.8 Å². The standard InChI is InChI=1S/C29H35F2N3O5/c1-16(2)11-23-27(35)33-25(19-12-17-7-5-6-8-18(17)13-19)29(37)34(23)26(21-10-9-20(30)14-22(21)31)28(36)32-15-24(38-3)39-4/h5-10,14,16,19,23-26H,11-13,15H2,1-4H3,(H,32,36)(H,33,35). The van der Waals surface area contributed by atoms with Gasteiger partial charge in [-0.1, -0.05) is 44.2 Å². The predicted octanol–water partition coefficient (Wildman–Crippen LogP) is 2.90. The molecule has 3 unspecified atom stereocenters. The average Bonchev–Trinajstić information content (AvgIpc) is 3.33. The number of ether oxygens (including phenoxy) is 2. The van der Waals surface area contributed by atoms with Crippen LogP contribution in [0.5, 0.6) is 0 Å². The number of carbonyl (C=O) groups excluding carboxylic acids is 3. The van der Waals surface area contributed by atoms with Crippen molar-refractivity contribution in [1.29, 1.82) is 0 Å². The van der Waals surface area contributed by atoms with Gasteiger partial charge in [0.25, 0.3) is 0 Å². The van der Waals surface area contributed by atoms with Crippen molar-refractivity contribution in [2.45, 2.75) is 57.5 Å². The van der Waals surface area contributed by atoms with Crippen molar-refractivity contribution in [1.82, 2.24) is 15.5 Å². The van der Waals surface area contributed by atoms with Crippen LogP contribution in [0.15, 0.2) is 42.5 Å².